The number of carbonyl (C=O) groups is 2. The van der Waals surface area contributed by atoms with Crippen molar-refractivity contribution in [2.75, 3.05) is 13.1 Å². The van der Waals surface area contributed by atoms with E-state index in [4.69, 9.17) is 5.73 Å². The molecule has 0 radical (unpaired) electrons. The smallest absolute Gasteiger partial charge is 0.225 e. The van der Waals surface area contributed by atoms with E-state index >= 15 is 0 Å². The van der Waals surface area contributed by atoms with Gasteiger partial charge in [-0.3, -0.25) is 9.59 Å². The number of ketones is 1. The van der Waals surface area contributed by atoms with Crippen LogP contribution in [0.3, 0.4) is 0 Å². The summed E-state index contributed by atoms with van der Waals surface area (Å²) in [7, 11) is 0. The summed E-state index contributed by atoms with van der Waals surface area (Å²) in [5.74, 6) is -0.968. The maximum atomic E-state index is 13.9. The zero-order chi connectivity index (χ0) is 30.6. The number of imidazole rings is 1. The minimum Gasteiger partial charge on any atom is -0.384 e. The molecule has 1 heterocycles. The van der Waals surface area contributed by atoms with Gasteiger partial charge < -0.3 is 26.5 Å². The van der Waals surface area contributed by atoms with Crippen LogP contribution >= 0.6 is 0 Å². The highest BCUT2D eigenvalue weighted by Crippen LogP contribution is 2.22. The first-order valence-electron chi connectivity index (χ1n) is 15.3. The summed E-state index contributed by atoms with van der Waals surface area (Å²) < 4.78 is 0. The van der Waals surface area contributed by atoms with Gasteiger partial charge in [0.05, 0.1) is 18.3 Å². The summed E-state index contributed by atoms with van der Waals surface area (Å²) in [6.45, 7) is 5.22. The topological polar surface area (TPSA) is 133 Å². The van der Waals surface area contributed by atoms with Crippen LogP contribution in [0.15, 0.2) is 85.3 Å². The molecule has 0 bridgehead atoms. The highest BCUT2D eigenvalue weighted by atomic mass is 16.3. The van der Waals surface area contributed by atoms with Crippen molar-refractivity contribution in [1.82, 2.24) is 20.6 Å². The molecule has 0 saturated carbocycles. The number of nitrogens with zero attached hydrogens (tertiary/aromatic N) is 1. The van der Waals surface area contributed by atoms with Gasteiger partial charge in [0.25, 0.3) is 0 Å². The molecule has 4 aromatic rings. The van der Waals surface area contributed by atoms with Gasteiger partial charge in [0.1, 0.15) is 6.10 Å². The maximum Gasteiger partial charge on any atom is 0.225 e. The molecule has 8 nitrogen and oxygen atoms in total. The van der Waals surface area contributed by atoms with Crippen molar-refractivity contribution in [1.29, 1.82) is 0 Å². The van der Waals surface area contributed by atoms with Crippen molar-refractivity contribution in [3.05, 3.63) is 102 Å². The molecular weight excluding hydrogens is 538 g/mol. The van der Waals surface area contributed by atoms with Crippen molar-refractivity contribution in [3.8, 4) is 0 Å². The number of benzene rings is 3. The Kier molecular flexibility index (Phi) is 12.0. The zero-order valence-electron chi connectivity index (χ0n) is 25.2. The summed E-state index contributed by atoms with van der Waals surface area (Å²) in [6, 6.07) is 23.0. The van der Waals surface area contributed by atoms with Gasteiger partial charge in [-0.2, -0.15) is 0 Å². The highest BCUT2D eigenvalue weighted by molar-refractivity contribution is 5.93. The second kappa shape index (κ2) is 16.1. The number of carbonyl (C=O) groups excluding carboxylic acids is 2. The van der Waals surface area contributed by atoms with Crippen molar-refractivity contribution in [3.63, 3.8) is 0 Å². The Hall–Kier alpha value is -3.85. The van der Waals surface area contributed by atoms with Crippen LogP contribution in [0, 0.1) is 11.8 Å². The van der Waals surface area contributed by atoms with E-state index in [0.29, 0.717) is 19.4 Å². The van der Waals surface area contributed by atoms with Gasteiger partial charge in [-0.25, -0.2) is 4.98 Å². The number of aromatic nitrogens is 2. The largest absolute Gasteiger partial charge is 0.384 e. The minimum atomic E-state index is -1.42. The molecule has 0 fully saturated rings. The summed E-state index contributed by atoms with van der Waals surface area (Å²) in [5.41, 5.74) is 9.32. The Morgan fingerprint density at radius 1 is 0.977 bits per heavy atom. The van der Waals surface area contributed by atoms with E-state index in [-0.39, 0.29) is 18.2 Å². The lowest BCUT2D eigenvalue weighted by Gasteiger charge is -2.27. The molecular formula is C35H45N5O3. The Morgan fingerprint density at radius 3 is 2.47 bits per heavy atom. The Balaban J connectivity index is 1.46. The number of fused-ring (bicyclic) bond motifs is 1. The second-order valence-electron chi connectivity index (χ2n) is 11.8. The SMILES string of the molecule is CC(C)C[C@H](NC(=O)C(CNCCCc1ccccc1)Cc1cccc2ccccc12)C(=O)C(O)[C@@H](N)Cc1cnc[nH]1. The van der Waals surface area contributed by atoms with Gasteiger partial charge in [-0.1, -0.05) is 86.6 Å². The number of hydrogen-bond acceptors (Lipinski definition) is 6. The Bertz CT molecular complexity index is 1420. The van der Waals surface area contributed by atoms with E-state index in [1.165, 1.54) is 11.9 Å². The quantitative estimate of drug-likeness (QED) is 0.120. The normalized spacial score (nSPS) is 14.3. The third-order valence-electron chi connectivity index (χ3n) is 7.84. The van der Waals surface area contributed by atoms with Crippen LogP contribution in [0.4, 0.5) is 0 Å². The van der Waals surface area contributed by atoms with Crippen molar-refractivity contribution in [2.45, 2.75) is 64.1 Å². The van der Waals surface area contributed by atoms with Crippen LogP contribution in [-0.4, -0.2) is 58.0 Å². The van der Waals surface area contributed by atoms with Crippen LogP contribution in [-0.2, 0) is 28.9 Å². The molecule has 0 aliphatic carbocycles. The third-order valence-corrected chi connectivity index (χ3v) is 7.84. The van der Waals surface area contributed by atoms with Gasteiger partial charge in [0.15, 0.2) is 5.78 Å². The van der Waals surface area contributed by atoms with Crippen LogP contribution in [0.5, 0.6) is 0 Å². The fourth-order valence-electron chi connectivity index (χ4n) is 5.52. The fraction of sp³-hybridized carbons (Fsp3) is 0.400. The number of Topliss-reactive ketones (excluding diaryl/α,β-unsaturated/α-hetero) is 1. The number of nitrogens with one attached hydrogen (secondary N) is 3. The van der Waals surface area contributed by atoms with Gasteiger partial charge in [-0.15, -0.1) is 0 Å². The van der Waals surface area contributed by atoms with E-state index in [1.807, 2.05) is 50.2 Å². The fourth-order valence-corrected chi connectivity index (χ4v) is 5.52. The van der Waals surface area contributed by atoms with E-state index in [9.17, 15) is 14.7 Å². The van der Waals surface area contributed by atoms with E-state index in [1.54, 1.807) is 6.20 Å². The Morgan fingerprint density at radius 2 is 1.72 bits per heavy atom. The summed E-state index contributed by atoms with van der Waals surface area (Å²) in [4.78, 5) is 34.3. The maximum absolute atomic E-state index is 13.9. The molecule has 4 atom stereocenters. The highest BCUT2D eigenvalue weighted by Gasteiger charge is 2.33. The average molecular weight is 584 g/mol. The molecule has 1 amide bonds. The molecule has 6 N–H and O–H groups in total. The first-order chi connectivity index (χ1) is 20.8. The zero-order valence-corrected chi connectivity index (χ0v) is 25.2. The lowest BCUT2D eigenvalue weighted by atomic mass is 9.91. The second-order valence-corrected chi connectivity index (χ2v) is 11.8. The number of hydrogen-bond donors (Lipinski definition) is 5. The number of aromatic amines is 1. The molecule has 0 aliphatic rings. The number of nitrogens with two attached hydrogens (primary N) is 1. The number of aliphatic hydroxyl groups is 1. The molecule has 4 rings (SSSR count). The lowest BCUT2D eigenvalue weighted by molar-refractivity contribution is -0.135. The van der Waals surface area contributed by atoms with Gasteiger partial charge in [0.2, 0.25) is 5.91 Å². The molecule has 0 saturated heterocycles. The van der Waals surface area contributed by atoms with Gasteiger partial charge in [-0.05, 0) is 60.0 Å². The van der Waals surface area contributed by atoms with Crippen LogP contribution in [0.25, 0.3) is 10.8 Å². The van der Waals surface area contributed by atoms with Crippen LogP contribution < -0.4 is 16.4 Å². The van der Waals surface area contributed by atoms with Gasteiger partial charge in [0, 0.05) is 30.9 Å². The molecule has 2 unspecified atom stereocenters. The molecule has 228 valence electrons. The molecule has 1 aromatic heterocycles. The molecule has 0 spiro atoms. The summed E-state index contributed by atoms with van der Waals surface area (Å²) in [5, 5.41) is 19.6. The summed E-state index contributed by atoms with van der Waals surface area (Å²) >= 11 is 0. The summed E-state index contributed by atoms with van der Waals surface area (Å²) in [6.07, 6.45) is 4.83. The predicted octanol–water partition coefficient (Wildman–Crippen LogP) is 3.97. The number of H-pyrrole nitrogens is 1. The van der Waals surface area contributed by atoms with Crippen LogP contribution in [0.1, 0.15) is 43.5 Å². The molecule has 8 heteroatoms. The number of rotatable bonds is 17. The predicted molar refractivity (Wildman–Crippen MR) is 171 cm³/mol. The third kappa shape index (κ3) is 9.58. The van der Waals surface area contributed by atoms with Gasteiger partial charge >= 0.3 is 0 Å². The standard InChI is InChI=1S/C35H45N5O3/c1-24(2)18-32(34(42)33(41)31(36)20-29-22-38-23-39-29)40-35(43)28(21-37-17-9-12-25-10-4-3-5-11-25)19-27-15-8-14-26-13-6-7-16-30(26)27/h3-8,10-11,13-16,22-24,28,31-33,37,41H,9,12,17-21,36H2,1-2H3,(H,38,39)(H,40,43)/t28?,31-,32-,33?/m0/s1. The van der Waals surface area contributed by atoms with Crippen molar-refractivity contribution >= 4 is 22.5 Å². The number of aliphatic hydroxyl groups excluding tert-OH is 1. The first kappa shape index (κ1) is 32.1. The average Bonchev–Trinajstić information content (AvgIpc) is 3.52. The Labute approximate surface area is 254 Å². The van der Waals surface area contributed by atoms with E-state index in [2.05, 4.69) is 57.0 Å². The van der Waals surface area contributed by atoms with Crippen molar-refractivity contribution < 1.29 is 14.7 Å². The molecule has 43 heavy (non-hydrogen) atoms. The van der Waals surface area contributed by atoms with Crippen LogP contribution in [0.2, 0.25) is 0 Å². The molecule has 3 aromatic carbocycles. The molecule has 0 aliphatic heterocycles. The first-order valence-corrected chi connectivity index (χ1v) is 15.3. The number of amides is 1. The lowest BCUT2D eigenvalue weighted by Crippen LogP contribution is -2.53. The number of aryl methyl sites for hydroxylation is 1. The minimum absolute atomic E-state index is 0.123. The monoisotopic (exact) mass is 583 g/mol. The van der Waals surface area contributed by atoms with E-state index in [0.717, 1.165) is 41.4 Å². The van der Waals surface area contributed by atoms with E-state index < -0.39 is 29.9 Å². The van der Waals surface area contributed by atoms with Crippen molar-refractivity contribution in [2.24, 2.45) is 17.6 Å².